The van der Waals surface area contributed by atoms with E-state index in [1.807, 2.05) is 6.92 Å². The van der Waals surface area contributed by atoms with Crippen molar-refractivity contribution in [3.63, 3.8) is 0 Å². The molecule has 19 heavy (non-hydrogen) atoms. The Kier molecular flexibility index (Phi) is 6.45. The van der Waals surface area contributed by atoms with Gasteiger partial charge in [0.2, 0.25) is 0 Å². The van der Waals surface area contributed by atoms with E-state index in [4.69, 9.17) is 21.4 Å². The topological polar surface area (TPSA) is 70.6 Å². The molecule has 1 aromatic carbocycles. The van der Waals surface area contributed by atoms with Gasteiger partial charge in [-0.15, -0.1) is 0 Å². The van der Waals surface area contributed by atoms with Crippen LogP contribution in [0.5, 0.6) is 5.75 Å². The molecule has 2 amide bonds. The molecule has 0 aliphatic carbocycles. The van der Waals surface area contributed by atoms with E-state index < -0.39 is 0 Å². The van der Waals surface area contributed by atoms with Crippen molar-refractivity contribution in [3.8, 4) is 5.75 Å². The zero-order valence-corrected chi connectivity index (χ0v) is 11.8. The highest BCUT2D eigenvalue weighted by atomic mass is 35.5. The second-order valence-electron chi connectivity index (χ2n) is 4.32. The molecule has 0 saturated heterocycles. The monoisotopic (exact) mass is 286 g/mol. The van der Waals surface area contributed by atoms with Crippen molar-refractivity contribution in [1.82, 2.24) is 10.6 Å². The molecule has 1 aromatic rings. The first-order chi connectivity index (χ1) is 9.01. The first-order valence-corrected chi connectivity index (χ1v) is 6.46. The number of hydrogen-bond donors (Lipinski definition) is 3. The number of hydrogen-bond acceptors (Lipinski definition) is 3. The number of rotatable bonds is 6. The molecule has 5 nitrogen and oxygen atoms in total. The van der Waals surface area contributed by atoms with E-state index in [9.17, 15) is 4.79 Å². The quantitative estimate of drug-likeness (QED) is 0.747. The van der Waals surface area contributed by atoms with Gasteiger partial charge < -0.3 is 20.5 Å². The van der Waals surface area contributed by atoms with E-state index in [2.05, 4.69) is 10.6 Å². The predicted molar refractivity (Wildman–Crippen MR) is 74.6 cm³/mol. The lowest BCUT2D eigenvalue weighted by Gasteiger charge is -2.17. The molecule has 0 bridgehead atoms. The summed E-state index contributed by atoms with van der Waals surface area (Å²) in [5.41, 5.74) is 0. The van der Waals surface area contributed by atoms with Crippen molar-refractivity contribution >= 4 is 17.6 Å². The summed E-state index contributed by atoms with van der Waals surface area (Å²) in [6.45, 7) is 3.82. The van der Waals surface area contributed by atoms with Crippen molar-refractivity contribution in [2.75, 3.05) is 13.2 Å². The normalized spacial score (nSPS) is 13.5. The molecule has 6 heteroatoms. The fraction of sp³-hybridized carbons (Fsp3) is 0.462. The minimum atomic E-state index is -0.330. The summed E-state index contributed by atoms with van der Waals surface area (Å²) < 4.78 is 5.60. The Bertz CT molecular complexity index is 415. The zero-order valence-electron chi connectivity index (χ0n) is 11.0. The summed E-state index contributed by atoms with van der Waals surface area (Å²) in [7, 11) is 0. The summed E-state index contributed by atoms with van der Waals surface area (Å²) >= 11 is 5.85. The van der Waals surface area contributed by atoms with Crippen LogP contribution in [-0.4, -0.2) is 36.4 Å². The minimum absolute atomic E-state index is 0.0952. The minimum Gasteiger partial charge on any atom is -0.489 e. The van der Waals surface area contributed by atoms with Crippen molar-refractivity contribution in [1.29, 1.82) is 0 Å². The number of carbonyl (C=O) groups is 1. The average Bonchev–Trinajstić information content (AvgIpc) is 2.36. The third-order valence-electron chi connectivity index (χ3n) is 2.33. The van der Waals surface area contributed by atoms with Gasteiger partial charge in [-0.05, 0) is 32.0 Å². The fourth-order valence-electron chi connectivity index (χ4n) is 1.37. The van der Waals surface area contributed by atoms with Crippen LogP contribution in [0.1, 0.15) is 13.8 Å². The van der Waals surface area contributed by atoms with E-state index >= 15 is 0 Å². The zero-order chi connectivity index (χ0) is 14.3. The summed E-state index contributed by atoms with van der Waals surface area (Å²) in [6, 6.07) is 6.48. The fourth-order valence-corrected chi connectivity index (χ4v) is 1.55. The highest BCUT2D eigenvalue weighted by Gasteiger charge is 2.09. The van der Waals surface area contributed by atoms with Crippen LogP contribution in [0.15, 0.2) is 24.3 Å². The molecule has 0 spiro atoms. The third-order valence-corrected chi connectivity index (χ3v) is 2.57. The van der Waals surface area contributed by atoms with Gasteiger partial charge in [-0.3, -0.25) is 0 Å². The van der Waals surface area contributed by atoms with Gasteiger partial charge in [-0.2, -0.15) is 0 Å². The molecule has 1 rings (SSSR count). The number of nitrogens with one attached hydrogen (secondary N) is 2. The number of halogens is 1. The average molecular weight is 287 g/mol. The van der Waals surface area contributed by atoms with Gasteiger partial charge >= 0.3 is 6.03 Å². The Morgan fingerprint density at radius 1 is 1.47 bits per heavy atom. The molecule has 2 unspecified atom stereocenters. The summed E-state index contributed by atoms with van der Waals surface area (Å²) in [4.78, 5) is 11.4. The van der Waals surface area contributed by atoms with E-state index in [-0.39, 0.29) is 24.8 Å². The Labute approximate surface area is 117 Å². The smallest absolute Gasteiger partial charge is 0.315 e. The molecule has 0 radical (unpaired) electrons. The Morgan fingerprint density at radius 2 is 2.21 bits per heavy atom. The van der Waals surface area contributed by atoms with Crippen LogP contribution in [0.25, 0.3) is 0 Å². The van der Waals surface area contributed by atoms with Gasteiger partial charge in [0.05, 0.1) is 19.2 Å². The molecular weight excluding hydrogens is 268 g/mol. The van der Waals surface area contributed by atoms with Crippen LogP contribution in [-0.2, 0) is 0 Å². The molecule has 3 N–H and O–H groups in total. The number of aliphatic hydroxyl groups excluding tert-OH is 1. The van der Waals surface area contributed by atoms with Gasteiger partial charge in [0, 0.05) is 5.02 Å². The van der Waals surface area contributed by atoms with Gasteiger partial charge in [-0.25, -0.2) is 4.79 Å². The van der Waals surface area contributed by atoms with E-state index in [0.717, 1.165) is 0 Å². The van der Waals surface area contributed by atoms with Crippen molar-refractivity contribution < 1.29 is 14.6 Å². The molecular formula is C13H19ClN2O3. The molecule has 2 atom stereocenters. The summed E-state index contributed by atoms with van der Waals surface area (Å²) in [5, 5.41) is 14.7. The number of aliphatic hydroxyl groups is 1. The van der Waals surface area contributed by atoms with E-state index in [0.29, 0.717) is 17.3 Å². The van der Waals surface area contributed by atoms with Crippen LogP contribution in [0.2, 0.25) is 5.02 Å². The molecule has 0 heterocycles. The number of ether oxygens (including phenoxy) is 1. The van der Waals surface area contributed by atoms with E-state index in [1.165, 1.54) is 0 Å². The second kappa shape index (κ2) is 7.86. The molecule has 0 aromatic heterocycles. The van der Waals surface area contributed by atoms with Crippen molar-refractivity contribution in [2.45, 2.75) is 26.0 Å². The molecule has 106 valence electrons. The van der Waals surface area contributed by atoms with Gasteiger partial charge in [0.25, 0.3) is 0 Å². The maximum absolute atomic E-state index is 11.4. The number of carbonyl (C=O) groups excluding carboxylic acids is 1. The number of amides is 2. The van der Waals surface area contributed by atoms with E-state index in [1.54, 1.807) is 31.2 Å². The summed E-state index contributed by atoms with van der Waals surface area (Å²) in [5.74, 6) is 0.658. The first kappa shape index (κ1) is 15.6. The molecule has 0 aliphatic heterocycles. The highest BCUT2D eigenvalue weighted by molar-refractivity contribution is 6.30. The van der Waals surface area contributed by atoms with Crippen LogP contribution in [0.4, 0.5) is 4.79 Å². The number of urea groups is 1. The molecule has 0 aliphatic rings. The maximum Gasteiger partial charge on any atom is 0.315 e. The van der Waals surface area contributed by atoms with Crippen LogP contribution in [0.3, 0.4) is 0 Å². The standard InChI is InChI=1S/C13H19ClN2O3/c1-9(8-17)16-13(18)15-7-10(2)19-12-5-3-4-11(14)6-12/h3-6,9-10,17H,7-8H2,1-2H3,(H2,15,16,18). The maximum atomic E-state index is 11.4. The summed E-state index contributed by atoms with van der Waals surface area (Å²) in [6.07, 6.45) is -0.186. The highest BCUT2D eigenvalue weighted by Crippen LogP contribution is 2.18. The van der Waals surface area contributed by atoms with Crippen LogP contribution >= 0.6 is 11.6 Å². The molecule has 0 saturated carbocycles. The second-order valence-corrected chi connectivity index (χ2v) is 4.76. The molecule has 0 fully saturated rings. The van der Waals surface area contributed by atoms with Gasteiger partial charge in [0.1, 0.15) is 11.9 Å². The number of benzene rings is 1. The van der Waals surface area contributed by atoms with Gasteiger partial charge in [-0.1, -0.05) is 17.7 Å². The Balaban J connectivity index is 2.31. The van der Waals surface area contributed by atoms with Crippen LogP contribution in [0, 0.1) is 0 Å². The lowest BCUT2D eigenvalue weighted by Crippen LogP contribution is -2.45. The Morgan fingerprint density at radius 3 is 2.84 bits per heavy atom. The first-order valence-electron chi connectivity index (χ1n) is 6.08. The lowest BCUT2D eigenvalue weighted by molar-refractivity contribution is 0.200. The van der Waals surface area contributed by atoms with Gasteiger partial charge in [0.15, 0.2) is 0 Å². The SMILES string of the molecule is CC(CO)NC(=O)NCC(C)Oc1cccc(Cl)c1. The Hall–Kier alpha value is -1.46. The predicted octanol–water partition coefficient (Wildman–Crippen LogP) is 1.79. The van der Waals surface area contributed by atoms with Crippen molar-refractivity contribution in [2.24, 2.45) is 0 Å². The third kappa shape index (κ3) is 6.31. The lowest BCUT2D eigenvalue weighted by atomic mass is 10.3. The van der Waals surface area contributed by atoms with Crippen LogP contribution < -0.4 is 15.4 Å². The largest absolute Gasteiger partial charge is 0.489 e. The van der Waals surface area contributed by atoms with Crippen molar-refractivity contribution in [3.05, 3.63) is 29.3 Å².